The van der Waals surface area contributed by atoms with Gasteiger partial charge in [0, 0.05) is 43.3 Å². The van der Waals surface area contributed by atoms with E-state index in [1.165, 1.54) is 147 Å². The number of Topliss-reactive ketones (excluding diaryl/α,β-unsaturated/α-hetero) is 1. The van der Waals surface area contributed by atoms with Gasteiger partial charge in [-0.3, -0.25) is 9.59 Å². The van der Waals surface area contributed by atoms with E-state index in [-0.39, 0.29) is 5.78 Å². The second kappa shape index (κ2) is 56.0. The van der Waals surface area contributed by atoms with Crippen molar-refractivity contribution in [3.63, 3.8) is 0 Å². The number of carboxylic acids is 1. The summed E-state index contributed by atoms with van der Waals surface area (Å²) in [5.74, 6) is -0.439. The monoisotopic (exact) mass is 950 g/mol. The number of aryl methyl sites for hydroxylation is 1. The van der Waals surface area contributed by atoms with Crippen molar-refractivity contribution in [3.8, 4) is 0 Å². The predicted molar refractivity (Wildman–Crippen MR) is 302 cm³/mol. The summed E-state index contributed by atoms with van der Waals surface area (Å²) in [5, 5.41) is 8.49. The van der Waals surface area contributed by atoms with Gasteiger partial charge in [0.1, 0.15) is 0 Å². The fourth-order valence-corrected chi connectivity index (χ4v) is 7.40. The molecule has 0 unspecified atom stereocenters. The third-order valence-corrected chi connectivity index (χ3v) is 11.6. The van der Waals surface area contributed by atoms with Crippen LogP contribution in [-0.4, -0.2) is 31.8 Å². The quantitative estimate of drug-likeness (QED) is 0.0259. The van der Waals surface area contributed by atoms with Gasteiger partial charge in [0.15, 0.2) is 5.78 Å². The molecule has 3 aromatic rings. The number of hydrogen-bond acceptors (Lipinski definition) is 2. The zero-order valence-corrected chi connectivity index (χ0v) is 44.5. The third-order valence-electron chi connectivity index (χ3n) is 11.6. The second-order valence-corrected chi connectivity index (χ2v) is 18.2. The molecule has 0 fully saturated rings. The molecule has 0 aromatic carbocycles. The molecule has 388 valence electrons. The number of allylic oxidation sites excluding steroid dienone is 12. The van der Waals surface area contributed by atoms with E-state index in [4.69, 9.17) is 5.11 Å². The molecule has 0 bridgehead atoms. The molecule has 6 heteroatoms. The maximum absolute atomic E-state index is 11.8. The predicted octanol–water partition coefficient (Wildman–Crippen LogP) is 20.1. The highest BCUT2D eigenvalue weighted by Gasteiger charge is 2.05. The summed E-state index contributed by atoms with van der Waals surface area (Å²) in [7, 11) is 0. The zero-order chi connectivity index (χ0) is 50.0. The van der Waals surface area contributed by atoms with Gasteiger partial charge in [-0.2, -0.15) is 0 Å². The SMILES string of the molecule is CCCCC/C=C\C/C=C\CCCCCCC(=O)O.CCCCC/C=C\C/C=C\CCCCCCC(=O)c1ccc[nH]1.CCCCC/C=C\C/C=C\CCCCCCCc1ccc[nH]1.c1cc[nH]c1. The molecule has 3 rings (SSSR count). The van der Waals surface area contributed by atoms with E-state index in [0.29, 0.717) is 12.8 Å². The van der Waals surface area contributed by atoms with Gasteiger partial charge in [0.25, 0.3) is 0 Å². The Kier molecular flexibility index (Phi) is 52.3. The molecular formula is C63H103N3O3. The number of carbonyl (C=O) groups excluding carboxylic acids is 1. The minimum absolute atomic E-state index is 0.237. The highest BCUT2D eigenvalue weighted by Crippen LogP contribution is 2.12. The van der Waals surface area contributed by atoms with Crippen LogP contribution in [0.3, 0.4) is 0 Å². The maximum atomic E-state index is 11.8. The number of aromatic amines is 3. The van der Waals surface area contributed by atoms with Crippen LogP contribution in [0, 0.1) is 0 Å². The molecule has 0 saturated heterocycles. The number of rotatable bonds is 41. The Morgan fingerprint density at radius 1 is 0.406 bits per heavy atom. The van der Waals surface area contributed by atoms with Crippen LogP contribution in [0.2, 0.25) is 0 Å². The summed E-state index contributed by atoms with van der Waals surface area (Å²) in [6.07, 6.45) is 75.2. The zero-order valence-electron chi connectivity index (χ0n) is 44.5. The van der Waals surface area contributed by atoms with Crippen LogP contribution in [0.5, 0.6) is 0 Å². The van der Waals surface area contributed by atoms with Gasteiger partial charge in [0.05, 0.1) is 5.69 Å². The van der Waals surface area contributed by atoms with Crippen molar-refractivity contribution in [3.05, 3.63) is 145 Å². The molecule has 6 nitrogen and oxygen atoms in total. The van der Waals surface area contributed by atoms with E-state index in [1.54, 1.807) is 6.20 Å². The number of aromatic nitrogens is 3. The topological polar surface area (TPSA) is 102 Å². The van der Waals surface area contributed by atoms with Gasteiger partial charge in [-0.25, -0.2) is 0 Å². The Labute approximate surface area is 424 Å². The largest absolute Gasteiger partial charge is 0.481 e. The van der Waals surface area contributed by atoms with Crippen LogP contribution in [0.15, 0.2) is 134 Å². The number of H-pyrrole nitrogens is 3. The fraction of sp³-hybridized carbons (Fsp3) is 0.587. The molecular weight excluding hydrogens is 847 g/mol. The van der Waals surface area contributed by atoms with E-state index in [1.807, 2.05) is 42.9 Å². The van der Waals surface area contributed by atoms with Crippen LogP contribution in [-0.2, 0) is 11.2 Å². The maximum Gasteiger partial charge on any atom is 0.303 e. The molecule has 0 saturated carbocycles. The Bertz CT molecular complexity index is 1590. The number of ketones is 1. The van der Waals surface area contributed by atoms with Gasteiger partial charge in [-0.1, -0.05) is 177 Å². The number of hydrogen-bond donors (Lipinski definition) is 4. The van der Waals surface area contributed by atoms with Crippen molar-refractivity contribution in [2.75, 3.05) is 0 Å². The summed E-state index contributed by atoms with van der Waals surface area (Å²) in [6.45, 7) is 6.73. The second-order valence-electron chi connectivity index (χ2n) is 18.2. The molecule has 0 radical (unpaired) electrons. The lowest BCUT2D eigenvalue weighted by Crippen LogP contribution is -1.98. The summed E-state index contributed by atoms with van der Waals surface area (Å²) in [6, 6.07) is 11.9. The van der Waals surface area contributed by atoms with Crippen LogP contribution >= 0.6 is 0 Å². The number of carboxylic acid groups (broad SMARTS) is 1. The Morgan fingerprint density at radius 2 is 0.783 bits per heavy atom. The first-order chi connectivity index (χ1) is 34.0. The molecule has 3 heterocycles. The fourth-order valence-electron chi connectivity index (χ4n) is 7.40. The van der Waals surface area contributed by atoms with Gasteiger partial charge < -0.3 is 20.1 Å². The van der Waals surface area contributed by atoms with E-state index in [0.717, 1.165) is 69.9 Å². The lowest BCUT2D eigenvalue weighted by atomic mass is 10.1. The van der Waals surface area contributed by atoms with Crippen molar-refractivity contribution in [1.82, 2.24) is 15.0 Å². The lowest BCUT2D eigenvalue weighted by molar-refractivity contribution is -0.137. The van der Waals surface area contributed by atoms with Crippen molar-refractivity contribution < 1.29 is 14.7 Å². The van der Waals surface area contributed by atoms with Crippen LogP contribution in [0.1, 0.15) is 249 Å². The normalized spacial score (nSPS) is 11.5. The highest BCUT2D eigenvalue weighted by molar-refractivity contribution is 5.94. The number of nitrogens with one attached hydrogen (secondary N) is 3. The van der Waals surface area contributed by atoms with Gasteiger partial charge >= 0.3 is 5.97 Å². The summed E-state index contributed by atoms with van der Waals surface area (Å²) in [4.78, 5) is 31.2. The first kappa shape index (κ1) is 64.4. The Morgan fingerprint density at radius 3 is 1.14 bits per heavy atom. The molecule has 4 N–H and O–H groups in total. The summed E-state index contributed by atoms with van der Waals surface area (Å²) < 4.78 is 0. The van der Waals surface area contributed by atoms with E-state index in [2.05, 4.69) is 121 Å². The van der Waals surface area contributed by atoms with E-state index < -0.39 is 5.97 Å². The molecule has 0 spiro atoms. The molecule has 0 aliphatic heterocycles. The van der Waals surface area contributed by atoms with Crippen molar-refractivity contribution in [2.45, 2.75) is 239 Å². The van der Waals surface area contributed by atoms with Gasteiger partial charge in [-0.15, -0.1) is 0 Å². The number of carbonyl (C=O) groups is 2. The molecule has 3 aromatic heterocycles. The summed E-state index contributed by atoms with van der Waals surface area (Å²) >= 11 is 0. The molecule has 0 aliphatic carbocycles. The highest BCUT2D eigenvalue weighted by atomic mass is 16.4. The molecule has 0 amide bonds. The Hall–Kier alpha value is -4.58. The van der Waals surface area contributed by atoms with E-state index >= 15 is 0 Å². The standard InChI is InChI=1S/C21H33NO.C21H35N.C17H30O2.C4H5N/c1-2-3-4-5-6-7-8-9-10-11-12-13-14-15-18-21(23)20-17-16-19-22-20;1-2-3-4-5-6-7-8-9-10-11-12-13-14-15-16-18-21-19-17-20-22-21;1-2-3-4-5-6-7-8-9-10-11-12-13-14-15-16-17(18)19;1-2-4-5-3-1/h6-7,9-10,16-17,19,22H,2-5,8,11-15,18H2,1H3;6-7,9-10,17,19-20,22H,2-5,8,11-16,18H2,1H3;6-7,9-10H,2-5,8,11-16H2,1H3,(H,18,19);1-5H/b3*7-6-,10-9-;. The molecule has 69 heavy (non-hydrogen) atoms. The van der Waals surface area contributed by atoms with Crippen molar-refractivity contribution in [1.29, 1.82) is 0 Å². The molecule has 0 atom stereocenters. The summed E-state index contributed by atoms with van der Waals surface area (Å²) in [5.41, 5.74) is 2.13. The first-order valence-corrected chi connectivity index (χ1v) is 28.0. The number of unbranched alkanes of at least 4 members (excludes halogenated alkanes) is 22. The van der Waals surface area contributed by atoms with Crippen LogP contribution in [0.25, 0.3) is 0 Å². The number of aliphatic carboxylic acids is 1. The van der Waals surface area contributed by atoms with Crippen LogP contribution < -0.4 is 0 Å². The van der Waals surface area contributed by atoms with Crippen LogP contribution in [0.4, 0.5) is 0 Å². The van der Waals surface area contributed by atoms with Crippen molar-refractivity contribution in [2.24, 2.45) is 0 Å². The Balaban J connectivity index is 0.000000956. The van der Waals surface area contributed by atoms with Gasteiger partial charge in [-0.05, 0) is 158 Å². The molecule has 0 aliphatic rings. The minimum Gasteiger partial charge on any atom is -0.481 e. The van der Waals surface area contributed by atoms with E-state index in [9.17, 15) is 9.59 Å². The lowest BCUT2D eigenvalue weighted by Gasteiger charge is -1.99. The average molecular weight is 951 g/mol. The third kappa shape index (κ3) is 52.6. The van der Waals surface area contributed by atoms with Gasteiger partial charge in [0.2, 0.25) is 0 Å². The first-order valence-electron chi connectivity index (χ1n) is 28.0. The smallest absolute Gasteiger partial charge is 0.303 e. The van der Waals surface area contributed by atoms with Crippen molar-refractivity contribution >= 4 is 11.8 Å². The minimum atomic E-state index is -0.675. The average Bonchev–Trinajstić information content (AvgIpc) is 4.21.